The van der Waals surface area contributed by atoms with Gasteiger partial charge in [0.1, 0.15) is 11.7 Å². The fourth-order valence-electron chi connectivity index (χ4n) is 2.21. The molecule has 1 fully saturated rings. The first-order valence-electron chi connectivity index (χ1n) is 6.61. The Labute approximate surface area is 114 Å². The lowest BCUT2D eigenvalue weighted by molar-refractivity contribution is -0.321. The Morgan fingerprint density at radius 3 is 2.16 bits per heavy atom. The molecule has 1 aliphatic heterocycles. The van der Waals surface area contributed by atoms with Gasteiger partial charge in [-0.15, -0.1) is 0 Å². The van der Waals surface area contributed by atoms with E-state index in [9.17, 15) is 10.2 Å². The van der Waals surface area contributed by atoms with Crippen molar-refractivity contribution in [3.05, 3.63) is 0 Å². The number of ether oxygens (including phenoxy) is 3. The van der Waals surface area contributed by atoms with Gasteiger partial charge in [-0.25, -0.2) is 0 Å². The van der Waals surface area contributed by atoms with Crippen LogP contribution >= 0.6 is 0 Å². The minimum Gasteiger partial charge on any atom is -0.371 e. The van der Waals surface area contributed by atoms with Gasteiger partial charge in [-0.2, -0.15) is 0 Å². The smallest absolute Gasteiger partial charge is 0.160 e. The van der Waals surface area contributed by atoms with Crippen molar-refractivity contribution in [2.75, 3.05) is 13.2 Å². The van der Waals surface area contributed by atoms with Gasteiger partial charge in [-0.3, -0.25) is 0 Å². The Hall–Kier alpha value is -0.240. The molecule has 1 heterocycles. The van der Waals surface area contributed by atoms with Crippen LogP contribution in [0.25, 0.3) is 0 Å². The van der Waals surface area contributed by atoms with E-state index in [1.807, 2.05) is 6.92 Å². The van der Waals surface area contributed by atoms with Crippen LogP contribution in [0.3, 0.4) is 0 Å². The van der Waals surface area contributed by atoms with Crippen LogP contribution in [0.4, 0.5) is 0 Å². The van der Waals surface area contributed by atoms with E-state index in [-0.39, 0.29) is 6.54 Å². The van der Waals surface area contributed by atoms with Crippen molar-refractivity contribution in [2.24, 2.45) is 5.73 Å². The number of aliphatic hydroxyl groups is 2. The van der Waals surface area contributed by atoms with E-state index in [0.29, 0.717) is 13.0 Å². The zero-order chi connectivity index (χ0) is 14.9. The molecular formula is C13H27NO5. The monoisotopic (exact) mass is 277 g/mol. The van der Waals surface area contributed by atoms with Crippen LogP contribution in [-0.4, -0.2) is 52.7 Å². The number of hydrogen-bond acceptors (Lipinski definition) is 6. The summed E-state index contributed by atoms with van der Waals surface area (Å²) >= 11 is 0. The van der Waals surface area contributed by atoms with E-state index in [4.69, 9.17) is 19.9 Å². The lowest BCUT2D eigenvalue weighted by Crippen LogP contribution is -2.62. The molecule has 0 aromatic rings. The van der Waals surface area contributed by atoms with Crippen LogP contribution in [0, 0.1) is 0 Å². The fraction of sp³-hybridized carbons (Fsp3) is 1.00. The molecule has 0 aliphatic carbocycles. The molecule has 6 nitrogen and oxygen atoms in total. The van der Waals surface area contributed by atoms with Gasteiger partial charge in [-0.1, -0.05) is 0 Å². The standard InChI is InChI=1S/C13H27NO5/c1-11(2,15)18-9-6-7-17-13(5,8-14)10(9)19-12(3,4)16/h9-10,15-16H,6-8,14H2,1-5H3/t9?,10?,13-/m1/s1. The highest BCUT2D eigenvalue weighted by Crippen LogP contribution is 2.33. The van der Waals surface area contributed by atoms with Crippen LogP contribution in [0.5, 0.6) is 0 Å². The van der Waals surface area contributed by atoms with Gasteiger partial charge < -0.3 is 30.2 Å². The van der Waals surface area contributed by atoms with E-state index in [2.05, 4.69) is 0 Å². The summed E-state index contributed by atoms with van der Waals surface area (Å²) in [6.45, 7) is 8.73. The van der Waals surface area contributed by atoms with Crippen LogP contribution in [0.2, 0.25) is 0 Å². The molecule has 1 rings (SSSR count). The summed E-state index contributed by atoms with van der Waals surface area (Å²) in [5.74, 6) is -2.61. The predicted octanol–water partition coefficient (Wildman–Crippen LogP) is 0.351. The molecule has 1 aliphatic rings. The van der Waals surface area contributed by atoms with Crippen molar-refractivity contribution < 1.29 is 24.4 Å². The molecule has 1 saturated heterocycles. The normalized spacial score (nSPS) is 33.5. The molecule has 0 spiro atoms. The second kappa shape index (κ2) is 5.63. The van der Waals surface area contributed by atoms with E-state index in [0.717, 1.165) is 0 Å². The first-order valence-corrected chi connectivity index (χ1v) is 6.61. The molecule has 2 unspecified atom stereocenters. The Balaban J connectivity index is 2.93. The topological polar surface area (TPSA) is 94.2 Å². The van der Waals surface area contributed by atoms with E-state index >= 15 is 0 Å². The second-order valence-corrected chi connectivity index (χ2v) is 6.24. The summed E-state index contributed by atoms with van der Waals surface area (Å²) in [5.41, 5.74) is 5.01. The van der Waals surface area contributed by atoms with Crippen molar-refractivity contribution in [2.45, 2.75) is 70.4 Å². The van der Waals surface area contributed by atoms with E-state index < -0.39 is 29.4 Å². The highest BCUT2D eigenvalue weighted by Gasteiger charge is 2.47. The number of hydrogen-bond donors (Lipinski definition) is 3. The van der Waals surface area contributed by atoms with Crippen LogP contribution < -0.4 is 5.73 Å². The first-order chi connectivity index (χ1) is 8.47. The molecule has 3 atom stereocenters. The minimum atomic E-state index is -1.33. The third-order valence-corrected chi connectivity index (χ3v) is 3.03. The zero-order valence-electron chi connectivity index (χ0n) is 12.5. The second-order valence-electron chi connectivity index (χ2n) is 6.24. The maximum atomic E-state index is 9.88. The van der Waals surface area contributed by atoms with E-state index in [1.54, 1.807) is 27.7 Å². The van der Waals surface area contributed by atoms with Gasteiger partial charge in [0.2, 0.25) is 0 Å². The lowest BCUT2D eigenvalue weighted by Gasteiger charge is -2.47. The Morgan fingerprint density at radius 1 is 1.21 bits per heavy atom. The average Bonchev–Trinajstić information content (AvgIpc) is 2.20. The Morgan fingerprint density at radius 2 is 1.74 bits per heavy atom. The summed E-state index contributed by atoms with van der Waals surface area (Å²) < 4.78 is 17.0. The molecule has 0 bridgehead atoms. The van der Waals surface area contributed by atoms with Crippen LogP contribution in [0.1, 0.15) is 41.0 Å². The van der Waals surface area contributed by atoms with Gasteiger partial charge in [0, 0.05) is 6.54 Å². The van der Waals surface area contributed by atoms with Crippen molar-refractivity contribution in [3.63, 3.8) is 0 Å². The van der Waals surface area contributed by atoms with Gasteiger partial charge in [0.05, 0.1) is 12.7 Å². The summed E-state index contributed by atoms with van der Waals surface area (Å²) in [4.78, 5) is 0. The highest BCUT2D eigenvalue weighted by atomic mass is 16.7. The molecular weight excluding hydrogens is 250 g/mol. The summed E-state index contributed by atoms with van der Waals surface area (Å²) in [6, 6.07) is 0. The fourth-order valence-corrected chi connectivity index (χ4v) is 2.21. The molecule has 0 aromatic carbocycles. The molecule has 6 heteroatoms. The molecule has 0 saturated carbocycles. The highest BCUT2D eigenvalue weighted by molar-refractivity contribution is 4.96. The van der Waals surface area contributed by atoms with Crippen LogP contribution in [-0.2, 0) is 14.2 Å². The largest absolute Gasteiger partial charge is 0.371 e. The van der Waals surface area contributed by atoms with Gasteiger partial charge in [0.15, 0.2) is 11.6 Å². The summed E-state index contributed by atoms with van der Waals surface area (Å²) in [6.07, 6.45) is -0.383. The van der Waals surface area contributed by atoms with Crippen molar-refractivity contribution in [1.82, 2.24) is 0 Å². The molecule has 114 valence electrons. The van der Waals surface area contributed by atoms with Gasteiger partial charge in [0.25, 0.3) is 0 Å². The summed E-state index contributed by atoms with van der Waals surface area (Å²) in [7, 11) is 0. The molecule has 4 N–H and O–H groups in total. The maximum Gasteiger partial charge on any atom is 0.160 e. The Bertz CT molecular complexity index is 296. The number of nitrogens with two attached hydrogens (primary N) is 1. The number of rotatable bonds is 5. The SMILES string of the molecule is CC(C)(O)OC1CCO[C@](C)(CN)C1OC(C)(C)O. The third-order valence-electron chi connectivity index (χ3n) is 3.03. The first kappa shape index (κ1) is 16.8. The molecule has 0 radical (unpaired) electrons. The Kier molecular flexibility index (Phi) is 4.98. The van der Waals surface area contributed by atoms with Gasteiger partial charge in [-0.05, 0) is 41.0 Å². The molecule has 19 heavy (non-hydrogen) atoms. The van der Waals surface area contributed by atoms with Crippen molar-refractivity contribution in [1.29, 1.82) is 0 Å². The molecule has 0 amide bonds. The quantitative estimate of drug-likeness (QED) is 0.628. The van der Waals surface area contributed by atoms with Crippen LogP contribution in [0.15, 0.2) is 0 Å². The molecule has 0 aromatic heterocycles. The predicted molar refractivity (Wildman–Crippen MR) is 70.4 cm³/mol. The average molecular weight is 277 g/mol. The van der Waals surface area contributed by atoms with Gasteiger partial charge >= 0.3 is 0 Å². The minimum absolute atomic E-state index is 0.236. The van der Waals surface area contributed by atoms with E-state index in [1.165, 1.54) is 0 Å². The third kappa shape index (κ3) is 4.98. The zero-order valence-corrected chi connectivity index (χ0v) is 12.5. The lowest BCUT2D eigenvalue weighted by atomic mass is 9.89. The van der Waals surface area contributed by atoms with Crippen molar-refractivity contribution in [3.8, 4) is 0 Å². The summed E-state index contributed by atoms with van der Waals surface area (Å²) in [5, 5.41) is 19.7. The van der Waals surface area contributed by atoms with Crippen molar-refractivity contribution >= 4 is 0 Å². The maximum absolute atomic E-state index is 9.88.